The Morgan fingerprint density at radius 3 is 1.31 bits per heavy atom. The third-order valence-electron chi connectivity index (χ3n) is 1.70. The van der Waals surface area contributed by atoms with Gasteiger partial charge in [-0.15, -0.1) is 0 Å². The van der Waals surface area contributed by atoms with Crippen molar-refractivity contribution < 1.29 is 0 Å². The quantitative estimate of drug-likeness (QED) is 0.564. The Bertz CT molecular complexity index is 347. The van der Waals surface area contributed by atoms with Crippen molar-refractivity contribution in [2.45, 2.75) is 40.5 Å². The first-order valence-corrected chi connectivity index (χ1v) is 5.94. The molecule has 1 aromatic carbocycles. The molecule has 0 aliphatic rings. The van der Waals surface area contributed by atoms with Crippen molar-refractivity contribution in [1.29, 1.82) is 0 Å². The fraction of sp³-hybridized carbons (Fsp3) is 0.375. The molecule has 0 nitrogen and oxygen atoms in total. The van der Waals surface area contributed by atoms with Gasteiger partial charge in [0.25, 0.3) is 0 Å². The monoisotopic (exact) mass is 212 g/mol. The van der Waals surface area contributed by atoms with Crippen LogP contribution in [0.4, 0.5) is 0 Å². The van der Waals surface area contributed by atoms with Gasteiger partial charge in [0, 0.05) is 24.0 Å². The van der Waals surface area contributed by atoms with E-state index >= 15 is 0 Å². The molecular weight excluding hydrogens is 192 g/mol. The first-order chi connectivity index (χ1) is 7.86. The van der Waals surface area contributed by atoms with Crippen LogP contribution >= 0.6 is 0 Å². The number of hydrogen-bond donors (Lipinski definition) is 0. The first kappa shape index (κ1) is 14.3. The first-order valence-electron chi connectivity index (χ1n) is 5.94. The van der Waals surface area contributed by atoms with Crippen LogP contribution in [0.15, 0.2) is 24.3 Å². The Hall–Kier alpha value is -1.66. The number of hydrogen-bond acceptors (Lipinski definition) is 0. The lowest BCUT2D eigenvalue weighted by atomic mass is 10.1. The largest absolute Gasteiger partial charge is 0.0982 e. The smallest absolute Gasteiger partial charge is 0.0246 e. The summed E-state index contributed by atoms with van der Waals surface area (Å²) in [6.07, 6.45) is 1.80. The number of benzene rings is 1. The highest BCUT2D eigenvalue weighted by Crippen LogP contribution is 2.01. The van der Waals surface area contributed by atoms with Gasteiger partial charge in [-0.3, -0.25) is 0 Å². The molecular formula is C16H20. The van der Waals surface area contributed by atoms with E-state index in [9.17, 15) is 0 Å². The summed E-state index contributed by atoms with van der Waals surface area (Å²) in [5.41, 5.74) is 2.13. The highest BCUT2D eigenvalue weighted by atomic mass is 13.9. The molecule has 1 rings (SSSR count). The molecule has 0 saturated carbocycles. The lowest BCUT2D eigenvalue weighted by molar-refractivity contribution is 1.28. The molecule has 0 saturated heterocycles. The summed E-state index contributed by atoms with van der Waals surface area (Å²) in [6, 6.07) is 8.06. The van der Waals surface area contributed by atoms with Crippen LogP contribution < -0.4 is 0 Å². The Kier molecular flexibility index (Phi) is 8.85. The van der Waals surface area contributed by atoms with Crippen molar-refractivity contribution in [2.75, 3.05) is 0 Å². The molecule has 16 heavy (non-hydrogen) atoms. The summed E-state index contributed by atoms with van der Waals surface area (Å²) in [6.45, 7) is 8.10. The zero-order valence-corrected chi connectivity index (χ0v) is 10.7. The van der Waals surface area contributed by atoms with E-state index in [0.717, 1.165) is 24.0 Å². The van der Waals surface area contributed by atoms with Gasteiger partial charge in [0.15, 0.2) is 0 Å². The molecule has 0 aliphatic carbocycles. The van der Waals surface area contributed by atoms with Gasteiger partial charge in [0.05, 0.1) is 0 Å². The number of rotatable bonds is 0. The molecule has 0 aromatic heterocycles. The van der Waals surface area contributed by atoms with Crippen LogP contribution in [0.2, 0.25) is 0 Å². The molecule has 0 heteroatoms. The minimum absolute atomic E-state index is 0.900. The Balaban J connectivity index is 0.00000106. The van der Waals surface area contributed by atoms with Gasteiger partial charge in [-0.2, -0.15) is 0 Å². The maximum atomic E-state index is 3.08. The van der Waals surface area contributed by atoms with E-state index in [0.29, 0.717) is 0 Å². The molecule has 0 amide bonds. The molecule has 84 valence electrons. The standard InChI is InChI=1S/C14H14.C2H6/c1-3-5-7-13-9-11-14(12-10-13)8-6-4-2;1-2/h9-12H,3-4H2,1-2H3;1-2H3. The van der Waals surface area contributed by atoms with Crippen LogP contribution in [0, 0.1) is 23.7 Å². The maximum absolute atomic E-state index is 3.08. The topological polar surface area (TPSA) is 0 Å². The molecule has 0 bridgehead atoms. The van der Waals surface area contributed by atoms with Gasteiger partial charge >= 0.3 is 0 Å². The van der Waals surface area contributed by atoms with Crippen molar-refractivity contribution in [1.82, 2.24) is 0 Å². The third-order valence-corrected chi connectivity index (χ3v) is 1.70. The minimum Gasteiger partial charge on any atom is -0.0982 e. The van der Waals surface area contributed by atoms with E-state index in [4.69, 9.17) is 0 Å². The lowest BCUT2D eigenvalue weighted by Gasteiger charge is -1.90. The van der Waals surface area contributed by atoms with Crippen molar-refractivity contribution in [3.8, 4) is 23.7 Å². The van der Waals surface area contributed by atoms with Crippen molar-refractivity contribution in [3.63, 3.8) is 0 Å². The zero-order chi connectivity index (χ0) is 12.2. The van der Waals surface area contributed by atoms with Crippen LogP contribution in [0.3, 0.4) is 0 Å². The Morgan fingerprint density at radius 2 is 1.06 bits per heavy atom. The minimum atomic E-state index is 0.900. The summed E-state index contributed by atoms with van der Waals surface area (Å²) in [4.78, 5) is 0. The van der Waals surface area contributed by atoms with E-state index in [2.05, 4.69) is 23.7 Å². The molecule has 0 fully saturated rings. The van der Waals surface area contributed by atoms with Gasteiger partial charge in [-0.25, -0.2) is 0 Å². The fourth-order valence-electron chi connectivity index (χ4n) is 1.02. The summed E-state index contributed by atoms with van der Waals surface area (Å²) < 4.78 is 0. The van der Waals surface area contributed by atoms with Crippen LogP contribution in [0.1, 0.15) is 51.7 Å². The van der Waals surface area contributed by atoms with E-state index in [1.165, 1.54) is 0 Å². The molecule has 0 atom stereocenters. The Morgan fingerprint density at radius 1 is 0.750 bits per heavy atom. The average molecular weight is 212 g/mol. The van der Waals surface area contributed by atoms with Crippen LogP contribution in [0.5, 0.6) is 0 Å². The van der Waals surface area contributed by atoms with Crippen molar-refractivity contribution >= 4 is 0 Å². The predicted octanol–water partition coefficient (Wildman–Crippen LogP) is 4.24. The fourth-order valence-corrected chi connectivity index (χ4v) is 1.02. The van der Waals surface area contributed by atoms with Crippen LogP contribution in [-0.4, -0.2) is 0 Å². The normalized spacial score (nSPS) is 7.50. The van der Waals surface area contributed by atoms with E-state index in [-0.39, 0.29) is 0 Å². The molecule has 0 aliphatic heterocycles. The summed E-state index contributed by atoms with van der Waals surface area (Å²) in [7, 11) is 0. The highest BCUT2D eigenvalue weighted by molar-refractivity contribution is 5.41. The highest BCUT2D eigenvalue weighted by Gasteiger charge is 1.87. The molecule has 0 N–H and O–H groups in total. The van der Waals surface area contributed by atoms with Gasteiger partial charge in [-0.05, 0) is 24.3 Å². The third kappa shape index (κ3) is 5.94. The van der Waals surface area contributed by atoms with Gasteiger partial charge in [0.2, 0.25) is 0 Å². The van der Waals surface area contributed by atoms with Crippen LogP contribution in [-0.2, 0) is 0 Å². The molecule has 1 aromatic rings. The predicted molar refractivity (Wildman–Crippen MR) is 72.1 cm³/mol. The molecule has 0 heterocycles. The van der Waals surface area contributed by atoms with Crippen molar-refractivity contribution in [3.05, 3.63) is 35.4 Å². The summed E-state index contributed by atoms with van der Waals surface area (Å²) >= 11 is 0. The van der Waals surface area contributed by atoms with Gasteiger partial charge in [-0.1, -0.05) is 51.4 Å². The summed E-state index contributed by atoms with van der Waals surface area (Å²) in [5, 5.41) is 0. The zero-order valence-electron chi connectivity index (χ0n) is 10.7. The van der Waals surface area contributed by atoms with Gasteiger partial charge < -0.3 is 0 Å². The SMILES string of the molecule is CC.CCC#Cc1ccc(C#CCC)cc1. The van der Waals surface area contributed by atoms with E-state index in [1.807, 2.05) is 52.0 Å². The second-order valence-electron chi connectivity index (χ2n) is 2.89. The summed E-state index contributed by atoms with van der Waals surface area (Å²) in [5.74, 6) is 12.2. The second-order valence-corrected chi connectivity index (χ2v) is 2.89. The molecule has 0 spiro atoms. The maximum Gasteiger partial charge on any atom is 0.0246 e. The Labute approximate surface area is 100 Å². The molecule has 0 unspecified atom stereocenters. The molecule has 0 radical (unpaired) electrons. The van der Waals surface area contributed by atoms with Crippen LogP contribution in [0.25, 0.3) is 0 Å². The van der Waals surface area contributed by atoms with Crippen molar-refractivity contribution in [2.24, 2.45) is 0 Å². The van der Waals surface area contributed by atoms with E-state index in [1.54, 1.807) is 0 Å². The van der Waals surface area contributed by atoms with Gasteiger partial charge in [0.1, 0.15) is 0 Å². The lowest BCUT2D eigenvalue weighted by Crippen LogP contribution is -1.76. The van der Waals surface area contributed by atoms with E-state index < -0.39 is 0 Å². The average Bonchev–Trinajstić information content (AvgIpc) is 2.37. The second kappa shape index (κ2) is 9.88.